The number of nitrogens with zero attached hydrogens (tertiary/aromatic N) is 2. The molecule has 0 aliphatic carbocycles. The van der Waals surface area contributed by atoms with Crippen molar-refractivity contribution in [2.24, 2.45) is 0 Å². The van der Waals surface area contributed by atoms with Crippen molar-refractivity contribution in [2.75, 3.05) is 19.7 Å². The van der Waals surface area contributed by atoms with Crippen molar-refractivity contribution in [3.63, 3.8) is 0 Å². The second-order valence-electron chi connectivity index (χ2n) is 9.18. The third kappa shape index (κ3) is 6.29. The molecule has 3 rings (SSSR count). The molecule has 0 spiro atoms. The van der Waals surface area contributed by atoms with E-state index in [1.165, 1.54) is 17.7 Å². The maximum Gasteiger partial charge on any atom is 0.410 e. The number of carbonyl (C=O) groups excluding carboxylic acids is 1. The maximum atomic E-state index is 12.5. The minimum absolute atomic E-state index is 0.0291. The first kappa shape index (κ1) is 24.2. The van der Waals surface area contributed by atoms with E-state index in [9.17, 15) is 14.9 Å². The van der Waals surface area contributed by atoms with E-state index >= 15 is 0 Å². The Bertz CT molecular complexity index is 951. The molecule has 1 aliphatic rings. The summed E-state index contributed by atoms with van der Waals surface area (Å²) in [7, 11) is 0. The van der Waals surface area contributed by atoms with Gasteiger partial charge in [-0.15, -0.1) is 0 Å². The zero-order valence-electron chi connectivity index (χ0n) is 18.7. The average molecular weight is 505 g/mol. The van der Waals surface area contributed by atoms with Crippen LogP contribution in [0.15, 0.2) is 53.0 Å². The second kappa shape index (κ2) is 10.0. The van der Waals surface area contributed by atoms with E-state index in [1.54, 1.807) is 4.90 Å². The molecule has 0 atom stereocenters. The topological polar surface area (TPSA) is 81.9 Å². The summed E-state index contributed by atoms with van der Waals surface area (Å²) in [5.74, 6) is 0. The van der Waals surface area contributed by atoms with Crippen LogP contribution >= 0.6 is 15.9 Å². The molecule has 2 aromatic rings. The van der Waals surface area contributed by atoms with E-state index < -0.39 is 10.5 Å². The van der Waals surface area contributed by atoms with E-state index in [0.29, 0.717) is 24.2 Å². The van der Waals surface area contributed by atoms with Crippen LogP contribution in [-0.2, 0) is 21.5 Å². The average Bonchev–Trinajstić information content (AvgIpc) is 2.73. The van der Waals surface area contributed by atoms with Crippen LogP contribution in [0.1, 0.15) is 44.7 Å². The number of nitro groups is 1. The molecule has 1 aliphatic heterocycles. The SMILES string of the molecule is CC(C)(C)OC(=O)N1CCC(COCc2cc(Br)cc([N+](=O)[O-])c2)(c2ccccc2)CC1. The molecule has 172 valence electrons. The number of nitro benzene ring substituents is 1. The molecule has 0 radical (unpaired) electrons. The number of rotatable bonds is 6. The highest BCUT2D eigenvalue weighted by Crippen LogP contribution is 2.36. The van der Waals surface area contributed by atoms with Gasteiger partial charge in [-0.05, 0) is 50.8 Å². The summed E-state index contributed by atoms with van der Waals surface area (Å²) >= 11 is 3.33. The van der Waals surface area contributed by atoms with Gasteiger partial charge in [0.15, 0.2) is 0 Å². The summed E-state index contributed by atoms with van der Waals surface area (Å²) in [5.41, 5.74) is 1.17. The van der Waals surface area contributed by atoms with Crippen LogP contribution in [0.25, 0.3) is 0 Å². The standard InChI is InChI=1S/C24H29BrN2O5/c1-23(2,3)32-22(28)26-11-9-24(10-12-26,19-7-5-4-6-8-19)17-31-16-18-13-20(25)15-21(14-18)27(29)30/h4-8,13-15H,9-12,16-17H2,1-3H3. The number of carbonyl (C=O) groups is 1. The first-order valence-corrected chi connectivity index (χ1v) is 11.4. The van der Waals surface area contributed by atoms with Crippen LogP contribution in [0.3, 0.4) is 0 Å². The second-order valence-corrected chi connectivity index (χ2v) is 10.1. The lowest BCUT2D eigenvalue weighted by Gasteiger charge is -2.42. The van der Waals surface area contributed by atoms with Crippen LogP contribution in [0.4, 0.5) is 10.5 Å². The van der Waals surface area contributed by atoms with E-state index in [-0.39, 0.29) is 23.8 Å². The molecule has 1 saturated heterocycles. The molecule has 2 aromatic carbocycles. The van der Waals surface area contributed by atoms with Gasteiger partial charge in [0.2, 0.25) is 0 Å². The Labute approximate surface area is 197 Å². The normalized spacial score (nSPS) is 15.9. The molecule has 0 aromatic heterocycles. The Hall–Kier alpha value is -2.45. The Morgan fingerprint density at radius 1 is 1.16 bits per heavy atom. The van der Waals surface area contributed by atoms with Crippen LogP contribution in [0.2, 0.25) is 0 Å². The third-order valence-electron chi connectivity index (χ3n) is 5.56. The molecule has 32 heavy (non-hydrogen) atoms. The van der Waals surface area contributed by atoms with Crippen molar-refractivity contribution >= 4 is 27.7 Å². The molecule has 0 saturated carbocycles. The van der Waals surface area contributed by atoms with Crippen molar-refractivity contribution in [2.45, 2.75) is 51.2 Å². The molecular formula is C24H29BrN2O5. The molecular weight excluding hydrogens is 476 g/mol. The monoisotopic (exact) mass is 504 g/mol. The Kier molecular flexibility index (Phi) is 7.56. The van der Waals surface area contributed by atoms with Crippen LogP contribution in [-0.4, -0.2) is 41.2 Å². The minimum atomic E-state index is -0.527. The van der Waals surface area contributed by atoms with Crippen LogP contribution < -0.4 is 0 Å². The summed E-state index contributed by atoms with van der Waals surface area (Å²) in [6, 6.07) is 15.0. The molecule has 0 unspecified atom stereocenters. The number of likely N-dealkylation sites (tertiary alicyclic amines) is 1. The highest BCUT2D eigenvalue weighted by molar-refractivity contribution is 9.10. The van der Waals surface area contributed by atoms with Crippen LogP contribution in [0.5, 0.6) is 0 Å². The number of ether oxygens (including phenoxy) is 2. The molecule has 1 amide bonds. The van der Waals surface area contributed by atoms with Gasteiger partial charge in [0.05, 0.1) is 18.1 Å². The van der Waals surface area contributed by atoms with Gasteiger partial charge in [0, 0.05) is 35.1 Å². The zero-order chi connectivity index (χ0) is 23.4. The summed E-state index contributed by atoms with van der Waals surface area (Å²) in [5, 5.41) is 11.1. The highest BCUT2D eigenvalue weighted by Gasteiger charge is 2.38. The van der Waals surface area contributed by atoms with E-state index in [0.717, 1.165) is 18.4 Å². The van der Waals surface area contributed by atoms with Crippen molar-refractivity contribution in [1.82, 2.24) is 4.90 Å². The minimum Gasteiger partial charge on any atom is -0.444 e. The van der Waals surface area contributed by atoms with Gasteiger partial charge in [-0.2, -0.15) is 0 Å². The fraction of sp³-hybridized carbons (Fsp3) is 0.458. The lowest BCUT2D eigenvalue weighted by Crippen LogP contribution is -2.48. The highest BCUT2D eigenvalue weighted by atomic mass is 79.9. The van der Waals surface area contributed by atoms with Crippen molar-refractivity contribution in [1.29, 1.82) is 0 Å². The molecule has 1 fully saturated rings. The van der Waals surface area contributed by atoms with Gasteiger partial charge in [-0.1, -0.05) is 46.3 Å². The molecule has 0 bridgehead atoms. The van der Waals surface area contributed by atoms with Crippen molar-refractivity contribution in [3.8, 4) is 0 Å². The predicted octanol–water partition coefficient (Wildman–Crippen LogP) is 5.84. The Morgan fingerprint density at radius 3 is 2.41 bits per heavy atom. The number of benzene rings is 2. The summed E-state index contributed by atoms with van der Waals surface area (Å²) in [4.78, 5) is 25.0. The molecule has 0 N–H and O–H groups in total. The van der Waals surface area contributed by atoms with Crippen molar-refractivity contribution < 1.29 is 19.2 Å². The van der Waals surface area contributed by atoms with E-state index in [1.807, 2.05) is 45.0 Å². The Morgan fingerprint density at radius 2 is 1.81 bits per heavy atom. The number of hydrogen-bond acceptors (Lipinski definition) is 5. The quantitative estimate of drug-likeness (QED) is 0.364. The third-order valence-corrected chi connectivity index (χ3v) is 6.02. The number of non-ortho nitro benzene ring substituents is 1. The maximum absolute atomic E-state index is 12.5. The first-order chi connectivity index (χ1) is 15.1. The lowest BCUT2D eigenvalue weighted by atomic mass is 9.73. The predicted molar refractivity (Wildman–Crippen MR) is 126 cm³/mol. The largest absolute Gasteiger partial charge is 0.444 e. The van der Waals surface area contributed by atoms with Gasteiger partial charge >= 0.3 is 6.09 Å². The number of amides is 1. The fourth-order valence-corrected chi connectivity index (χ4v) is 4.47. The van der Waals surface area contributed by atoms with Crippen molar-refractivity contribution in [3.05, 3.63) is 74.2 Å². The Balaban J connectivity index is 1.70. The van der Waals surface area contributed by atoms with Crippen LogP contribution in [0, 0.1) is 10.1 Å². The van der Waals surface area contributed by atoms with Gasteiger partial charge < -0.3 is 14.4 Å². The van der Waals surface area contributed by atoms with Gasteiger partial charge in [-0.3, -0.25) is 10.1 Å². The number of hydrogen-bond donors (Lipinski definition) is 0. The molecule has 1 heterocycles. The molecule has 8 heteroatoms. The number of halogens is 1. The zero-order valence-corrected chi connectivity index (χ0v) is 20.3. The summed E-state index contributed by atoms with van der Waals surface area (Å²) < 4.78 is 12.3. The van der Waals surface area contributed by atoms with E-state index in [4.69, 9.17) is 9.47 Å². The van der Waals surface area contributed by atoms with E-state index in [2.05, 4.69) is 28.1 Å². The van der Waals surface area contributed by atoms with Gasteiger partial charge in [-0.25, -0.2) is 4.79 Å². The molecule has 7 nitrogen and oxygen atoms in total. The fourth-order valence-electron chi connectivity index (χ4n) is 3.94. The summed E-state index contributed by atoms with van der Waals surface area (Å²) in [6.45, 7) is 7.48. The smallest absolute Gasteiger partial charge is 0.410 e. The first-order valence-electron chi connectivity index (χ1n) is 10.6. The lowest BCUT2D eigenvalue weighted by molar-refractivity contribution is -0.385. The van der Waals surface area contributed by atoms with Gasteiger partial charge in [0.25, 0.3) is 5.69 Å². The number of piperidine rings is 1. The van der Waals surface area contributed by atoms with Gasteiger partial charge in [0.1, 0.15) is 5.60 Å². The summed E-state index contributed by atoms with van der Waals surface area (Å²) in [6.07, 6.45) is 1.20.